The third kappa shape index (κ3) is 5.73. The molecule has 0 bridgehead atoms. The molecule has 4 nitrogen and oxygen atoms in total. The third-order valence-corrected chi connectivity index (χ3v) is 5.56. The summed E-state index contributed by atoms with van der Waals surface area (Å²) in [4.78, 5) is 15.1. The SMILES string of the molecule is CC(C)Oc1cccc(CC(=O)NC2CCN(C3CCCCCC3)C2)c1. The summed E-state index contributed by atoms with van der Waals surface area (Å²) in [5, 5.41) is 3.25. The topological polar surface area (TPSA) is 41.6 Å². The van der Waals surface area contributed by atoms with Gasteiger partial charge in [-0.3, -0.25) is 9.69 Å². The van der Waals surface area contributed by atoms with E-state index in [0.29, 0.717) is 12.5 Å². The summed E-state index contributed by atoms with van der Waals surface area (Å²) in [5.41, 5.74) is 1.01. The molecular weight excluding hydrogens is 324 g/mol. The number of ether oxygens (including phenoxy) is 1. The summed E-state index contributed by atoms with van der Waals surface area (Å²) >= 11 is 0. The molecule has 1 aromatic carbocycles. The zero-order valence-corrected chi connectivity index (χ0v) is 16.4. The van der Waals surface area contributed by atoms with Crippen LogP contribution in [0, 0.1) is 0 Å². The Labute approximate surface area is 158 Å². The Bertz CT molecular complexity index is 579. The molecule has 4 heteroatoms. The molecule has 1 heterocycles. The minimum absolute atomic E-state index is 0.124. The maximum atomic E-state index is 12.5. The number of carbonyl (C=O) groups is 1. The summed E-state index contributed by atoms with van der Waals surface area (Å²) in [6.07, 6.45) is 9.85. The Morgan fingerprint density at radius 3 is 2.69 bits per heavy atom. The van der Waals surface area contributed by atoms with Crippen molar-refractivity contribution < 1.29 is 9.53 Å². The maximum Gasteiger partial charge on any atom is 0.224 e. The quantitative estimate of drug-likeness (QED) is 0.784. The molecule has 144 valence electrons. The fraction of sp³-hybridized carbons (Fsp3) is 0.682. The minimum atomic E-state index is 0.124. The average Bonchev–Trinajstić information content (AvgIpc) is 2.88. The number of rotatable bonds is 6. The predicted molar refractivity (Wildman–Crippen MR) is 106 cm³/mol. The van der Waals surface area contributed by atoms with Crippen molar-refractivity contribution in [2.45, 2.75) is 83.4 Å². The molecule has 1 N–H and O–H groups in total. The van der Waals surface area contributed by atoms with Crippen LogP contribution in [0.3, 0.4) is 0 Å². The number of carbonyl (C=O) groups excluding carboxylic acids is 1. The lowest BCUT2D eigenvalue weighted by atomic mass is 10.1. The van der Waals surface area contributed by atoms with Crippen LogP contribution in [0.2, 0.25) is 0 Å². The van der Waals surface area contributed by atoms with Crippen molar-refractivity contribution in [1.29, 1.82) is 0 Å². The van der Waals surface area contributed by atoms with Gasteiger partial charge in [0.25, 0.3) is 0 Å². The highest BCUT2D eigenvalue weighted by molar-refractivity contribution is 5.79. The molecule has 1 aromatic rings. The fourth-order valence-electron chi connectivity index (χ4n) is 4.32. The smallest absolute Gasteiger partial charge is 0.224 e. The summed E-state index contributed by atoms with van der Waals surface area (Å²) in [6, 6.07) is 8.93. The predicted octanol–water partition coefficient (Wildman–Crippen LogP) is 3.93. The lowest BCUT2D eigenvalue weighted by Crippen LogP contribution is -2.40. The van der Waals surface area contributed by atoms with Gasteiger partial charge in [-0.25, -0.2) is 0 Å². The molecule has 1 unspecified atom stereocenters. The minimum Gasteiger partial charge on any atom is -0.491 e. The molecular formula is C22H34N2O2. The summed E-state index contributed by atoms with van der Waals surface area (Å²) in [5.74, 6) is 0.963. The van der Waals surface area contributed by atoms with Crippen molar-refractivity contribution in [3.05, 3.63) is 29.8 Å². The van der Waals surface area contributed by atoms with Gasteiger partial charge in [-0.1, -0.05) is 37.8 Å². The number of hydrogen-bond donors (Lipinski definition) is 1. The highest BCUT2D eigenvalue weighted by atomic mass is 16.5. The van der Waals surface area contributed by atoms with Gasteiger partial charge in [0.15, 0.2) is 0 Å². The first kappa shape index (κ1) is 19.2. The monoisotopic (exact) mass is 358 g/mol. The van der Waals surface area contributed by atoms with E-state index in [-0.39, 0.29) is 12.0 Å². The Balaban J connectivity index is 1.46. The summed E-state index contributed by atoms with van der Waals surface area (Å²) in [6.45, 7) is 6.18. The number of likely N-dealkylation sites (tertiary alicyclic amines) is 1. The van der Waals surface area contributed by atoms with E-state index in [1.165, 1.54) is 38.5 Å². The highest BCUT2D eigenvalue weighted by Crippen LogP contribution is 2.25. The van der Waals surface area contributed by atoms with E-state index in [9.17, 15) is 4.79 Å². The number of amides is 1. The molecule has 1 aliphatic carbocycles. The second kappa shape index (κ2) is 9.40. The first-order chi connectivity index (χ1) is 12.6. The van der Waals surface area contributed by atoms with Gasteiger partial charge < -0.3 is 10.1 Å². The number of benzene rings is 1. The lowest BCUT2D eigenvalue weighted by molar-refractivity contribution is -0.121. The first-order valence-electron chi connectivity index (χ1n) is 10.4. The van der Waals surface area contributed by atoms with Crippen LogP contribution < -0.4 is 10.1 Å². The molecule has 1 aliphatic heterocycles. The number of nitrogens with one attached hydrogen (secondary N) is 1. The van der Waals surface area contributed by atoms with Crippen LogP contribution in [0.15, 0.2) is 24.3 Å². The van der Waals surface area contributed by atoms with Crippen molar-refractivity contribution >= 4 is 5.91 Å². The van der Waals surface area contributed by atoms with Gasteiger partial charge in [-0.05, 0) is 50.8 Å². The van der Waals surface area contributed by atoms with E-state index in [2.05, 4.69) is 10.2 Å². The van der Waals surface area contributed by atoms with Crippen LogP contribution in [-0.4, -0.2) is 42.1 Å². The van der Waals surface area contributed by atoms with E-state index in [0.717, 1.165) is 36.9 Å². The van der Waals surface area contributed by atoms with Crippen molar-refractivity contribution in [2.75, 3.05) is 13.1 Å². The van der Waals surface area contributed by atoms with Gasteiger partial charge in [-0.2, -0.15) is 0 Å². The largest absolute Gasteiger partial charge is 0.491 e. The van der Waals surface area contributed by atoms with Crippen LogP contribution in [-0.2, 0) is 11.2 Å². The average molecular weight is 359 g/mol. The molecule has 26 heavy (non-hydrogen) atoms. The molecule has 0 spiro atoms. The van der Waals surface area contributed by atoms with E-state index >= 15 is 0 Å². The highest BCUT2D eigenvalue weighted by Gasteiger charge is 2.29. The molecule has 1 saturated heterocycles. The van der Waals surface area contributed by atoms with Crippen molar-refractivity contribution in [3.8, 4) is 5.75 Å². The summed E-state index contributed by atoms with van der Waals surface area (Å²) < 4.78 is 5.72. The third-order valence-electron chi connectivity index (χ3n) is 5.56. The second-order valence-electron chi connectivity index (χ2n) is 8.18. The molecule has 0 aromatic heterocycles. The fourth-order valence-corrected chi connectivity index (χ4v) is 4.32. The zero-order valence-electron chi connectivity index (χ0n) is 16.4. The van der Waals surface area contributed by atoms with Crippen LogP contribution in [0.25, 0.3) is 0 Å². The van der Waals surface area contributed by atoms with E-state index < -0.39 is 0 Å². The first-order valence-corrected chi connectivity index (χ1v) is 10.4. The Kier molecular flexibility index (Phi) is 6.95. The van der Waals surface area contributed by atoms with Gasteiger partial charge in [0.2, 0.25) is 5.91 Å². The van der Waals surface area contributed by atoms with E-state index in [1.807, 2.05) is 38.1 Å². The van der Waals surface area contributed by atoms with Crippen LogP contribution in [0.4, 0.5) is 0 Å². The van der Waals surface area contributed by atoms with Crippen LogP contribution in [0.5, 0.6) is 5.75 Å². The molecule has 2 fully saturated rings. The molecule has 1 amide bonds. The molecule has 1 saturated carbocycles. The van der Waals surface area contributed by atoms with Gasteiger partial charge in [0, 0.05) is 25.2 Å². The van der Waals surface area contributed by atoms with Crippen molar-refractivity contribution in [1.82, 2.24) is 10.2 Å². The van der Waals surface area contributed by atoms with Gasteiger partial charge >= 0.3 is 0 Å². The Hall–Kier alpha value is -1.55. The second-order valence-corrected chi connectivity index (χ2v) is 8.18. The maximum absolute atomic E-state index is 12.5. The van der Waals surface area contributed by atoms with Crippen LogP contribution >= 0.6 is 0 Å². The standard InChI is InChI=1S/C22H34N2O2/c1-17(2)26-21-11-7-8-18(14-21)15-22(25)23-19-12-13-24(16-19)20-9-5-3-4-6-10-20/h7-8,11,14,17,19-20H,3-6,9-10,12-13,15-16H2,1-2H3,(H,23,25). The normalized spacial score (nSPS) is 22.3. The number of nitrogens with zero attached hydrogens (tertiary/aromatic N) is 1. The Morgan fingerprint density at radius 1 is 1.19 bits per heavy atom. The molecule has 2 aliphatic rings. The van der Waals surface area contributed by atoms with Gasteiger partial charge in [0.05, 0.1) is 12.5 Å². The molecule has 1 atom stereocenters. The van der Waals surface area contributed by atoms with Crippen LogP contribution in [0.1, 0.15) is 64.4 Å². The molecule has 3 rings (SSSR count). The zero-order chi connectivity index (χ0) is 18.4. The Morgan fingerprint density at radius 2 is 1.96 bits per heavy atom. The van der Waals surface area contributed by atoms with Gasteiger partial charge in [0.1, 0.15) is 5.75 Å². The van der Waals surface area contributed by atoms with Gasteiger partial charge in [-0.15, -0.1) is 0 Å². The molecule has 0 radical (unpaired) electrons. The lowest BCUT2D eigenvalue weighted by Gasteiger charge is -2.26. The summed E-state index contributed by atoms with van der Waals surface area (Å²) in [7, 11) is 0. The van der Waals surface area contributed by atoms with Crippen molar-refractivity contribution in [2.24, 2.45) is 0 Å². The van der Waals surface area contributed by atoms with E-state index in [1.54, 1.807) is 0 Å². The van der Waals surface area contributed by atoms with E-state index in [4.69, 9.17) is 4.74 Å². The van der Waals surface area contributed by atoms with Crippen molar-refractivity contribution in [3.63, 3.8) is 0 Å². The number of hydrogen-bond acceptors (Lipinski definition) is 3.